The first-order valence-corrected chi connectivity index (χ1v) is 4.82. The van der Waals surface area contributed by atoms with Crippen molar-refractivity contribution in [2.24, 2.45) is 0 Å². The fourth-order valence-corrected chi connectivity index (χ4v) is 1.57. The zero-order valence-electron chi connectivity index (χ0n) is 8.79. The van der Waals surface area contributed by atoms with Crippen LogP contribution in [0.2, 0.25) is 0 Å². The van der Waals surface area contributed by atoms with Gasteiger partial charge in [0.05, 0.1) is 11.8 Å². The molecule has 1 aromatic heterocycles. The van der Waals surface area contributed by atoms with Crippen molar-refractivity contribution in [1.82, 2.24) is 5.48 Å². The Labute approximate surface area is 86.8 Å². The van der Waals surface area contributed by atoms with Crippen LogP contribution in [0.1, 0.15) is 19.1 Å². The highest BCUT2D eigenvalue weighted by Gasteiger charge is 2.18. The van der Waals surface area contributed by atoms with E-state index in [1.54, 1.807) is 13.0 Å². The molecular formula is C11H13NO3. The van der Waals surface area contributed by atoms with Crippen LogP contribution in [0.5, 0.6) is 0 Å². The smallest absolute Gasteiger partial charge is 0.229 e. The zero-order chi connectivity index (χ0) is 11.0. The van der Waals surface area contributed by atoms with E-state index >= 15 is 0 Å². The normalized spacial score (nSPS) is 24.0. The predicted molar refractivity (Wildman–Crippen MR) is 56.2 cm³/mol. The summed E-state index contributed by atoms with van der Waals surface area (Å²) in [5.41, 5.74) is 3.54. The van der Waals surface area contributed by atoms with Crippen LogP contribution in [0.3, 0.4) is 0 Å². The van der Waals surface area contributed by atoms with Gasteiger partial charge in [0.2, 0.25) is 5.43 Å². The molecule has 80 valence electrons. The van der Waals surface area contributed by atoms with E-state index in [2.05, 4.69) is 12.1 Å². The molecular weight excluding hydrogens is 194 g/mol. The SMILES string of the molecule is C=c1cc(C)oc(=C2CC(C)ON2)c1=O. The van der Waals surface area contributed by atoms with Crippen LogP contribution in [-0.2, 0) is 4.84 Å². The van der Waals surface area contributed by atoms with Crippen LogP contribution in [0, 0.1) is 6.92 Å². The maximum absolute atomic E-state index is 11.7. The summed E-state index contributed by atoms with van der Waals surface area (Å²) in [7, 11) is 0. The average molecular weight is 207 g/mol. The van der Waals surface area contributed by atoms with Gasteiger partial charge < -0.3 is 4.42 Å². The second-order valence-corrected chi connectivity index (χ2v) is 3.75. The summed E-state index contributed by atoms with van der Waals surface area (Å²) >= 11 is 0. The highest BCUT2D eigenvalue weighted by Crippen LogP contribution is 2.11. The predicted octanol–water partition coefficient (Wildman–Crippen LogP) is -0.220. The maximum atomic E-state index is 11.7. The van der Waals surface area contributed by atoms with E-state index < -0.39 is 0 Å². The van der Waals surface area contributed by atoms with Gasteiger partial charge in [0.25, 0.3) is 0 Å². The molecule has 1 unspecified atom stereocenters. The van der Waals surface area contributed by atoms with Crippen molar-refractivity contribution in [3.8, 4) is 0 Å². The molecule has 0 bridgehead atoms. The molecule has 0 saturated carbocycles. The Balaban J connectivity index is 2.72. The Hall–Kier alpha value is -1.55. The number of hydrogen-bond donors (Lipinski definition) is 1. The van der Waals surface area contributed by atoms with E-state index in [9.17, 15) is 4.79 Å². The Morgan fingerprint density at radius 2 is 2.33 bits per heavy atom. The molecule has 2 rings (SSSR count). The molecule has 1 aromatic rings. The molecule has 1 saturated heterocycles. The molecule has 0 radical (unpaired) electrons. The summed E-state index contributed by atoms with van der Waals surface area (Å²) in [6, 6.07) is 1.63. The third kappa shape index (κ3) is 1.80. The first kappa shape index (κ1) is 9.98. The van der Waals surface area contributed by atoms with Gasteiger partial charge >= 0.3 is 0 Å². The van der Waals surface area contributed by atoms with Crippen molar-refractivity contribution in [2.45, 2.75) is 26.4 Å². The highest BCUT2D eigenvalue weighted by atomic mass is 16.7. The van der Waals surface area contributed by atoms with Crippen molar-refractivity contribution in [3.05, 3.63) is 32.7 Å². The zero-order valence-corrected chi connectivity index (χ0v) is 8.79. The summed E-state index contributed by atoms with van der Waals surface area (Å²) in [5, 5.41) is 0.447. The van der Waals surface area contributed by atoms with Gasteiger partial charge in [0.1, 0.15) is 5.76 Å². The standard InChI is InChI=1S/C11H13NO3/c1-6-4-7(2)14-11(10(6)13)9-5-8(3)15-12-9/h4,8,12H,1,5H2,2-3H3. The number of nitrogens with one attached hydrogen (secondary N) is 1. The molecule has 1 aliphatic rings. The average Bonchev–Trinajstić information content (AvgIpc) is 2.58. The molecule has 1 atom stereocenters. The molecule has 4 heteroatoms. The summed E-state index contributed by atoms with van der Waals surface area (Å²) in [5.74, 6) is 0.670. The lowest BCUT2D eigenvalue weighted by atomic mass is 10.2. The third-order valence-electron chi connectivity index (χ3n) is 2.29. The Morgan fingerprint density at radius 3 is 2.93 bits per heavy atom. The van der Waals surface area contributed by atoms with Gasteiger partial charge in [-0.1, -0.05) is 6.58 Å². The van der Waals surface area contributed by atoms with Gasteiger partial charge in [0, 0.05) is 11.6 Å². The first-order valence-electron chi connectivity index (χ1n) is 4.82. The van der Waals surface area contributed by atoms with Crippen LogP contribution in [0.4, 0.5) is 0 Å². The fraction of sp³-hybridized carbons (Fsp3) is 0.364. The maximum Gasteiger partial charge on any atom is 0.229 e. The molecule has 0 aliphatic carbocycles. The van der Waals surface area contributed by atoms with E-state index in [4.69, 9.17) is 9.25 Å². The monoisotopic (exact) mass is 207 g/mol. The van der Waals surface area contributed by atoms with Gasteiger partial charge in [0.15, 0.2) is 5.42 Å². The lowest BCUT2D eigenvalue weighted by Gasteiger charge is -1.97. The van der Waals surface area contributed by atoms with Crippen molar-refractivity contribution in [1.29, 1.82) is 0 Å². The van der Waals surface area contributed by atoms with E-state index in [1.807, 2.05) is 6.92 Å². The van der Waals surface area contributed by atoms with Gasteiger partial charge in [-0.3, -0.25) is 15.1 Å². The van der Waals surface area contributed by atoms with E-state index in [-0.39, 0.29) is 11.5 Å². The number of hydrogen-bond acceptors (Lipinski definition) is 4. The summed E-state index contributed by atoms with van der Waals surface area (Å²) < 4.78 is 5.39. The minimum absolute atomic E-state index is 0.0587. The largest absolute Gasteiger partial charge is 0.456 e. The number of aryl methyl sites for hydroxylation is 1. The number of hydroxylamine groups is 1. The molecule has 1 N–H and O–H groups in total. The Morgan fingerprint density at radius 1 is 1.60 bits per heavy atom. The van der Waals surface area contributed by atoms with Crippen LogP contribution in [0.15, 0.2) is 15.3 Å². The molecule has 15 heavy (non-hydrogen) atoms. The van der Waals surface area contributed by atoms with Crippen molar-refractivity contribution < 1.29 is 9.25 Å². The van der Waals surface area contributed by atoms with Gasteiger partial charge in [-0.2, -0.15) is 0 Å². The van der Waals surface area contributed by atoms with Gasteiger partial charge in [-0.25, -0.2) is 0 Å². The minimum Gasteiger partial charge on any atom is -0.456 e. The van der Waals surface area contributed by atoms with Gasteiger partial charge in [-0.05, 0) is 19.9 Å². The topological polar surface area (TPSA) is 51.5 Å². The molecule has 0 amide bonds. The second kappa shape index (κ2) is 3.55. The van der Waals surface area contributed by atoms with Gasteiger partial charge in [-0.15, -0.1) is 0 Å². The Bertz CT molecular complexity index is 544. The van der Waals surface area contributed by atoms with Crippen LogP contribution < -0.4 is 21.5 Å². The summed E-state index contributed by atoms with van der Waals surface area (Å²) in [6.45, 7) is 7.39. The summed E-state index contributed by atoms with van der Waals surface area (Å²) in [6.07, 6.45) is 0.713. The third-order valence-corrected chi connectivity index (χ3v) is 2.29. The van der Waals surface area contributed by atoms with Crippen molar-refractivity contribution >= 4 is 12.3 Å². The molecule has 1 aliphatic heterocycles. The lowest BCUT2D eigenvalue weighted by molar-refractivity contribution is 0.0550. The quantitative estimate of drug-likeness (QED) is 0.639. The highest BCUT2D eigenvalue weighted by molar-refractivity contribution is 5.40. The second-order valence-electron chi connectivity index (χ2n) is 3.75. The van der Waals surface area contributed by atoms with E-state index in [0.29, 0.717) is 28.5 Å². The van der Waals surface area contributed by atoms with Crippen LogP contribution in [0.25, 0.3) is 12.3 Å². The van der Waals surface area contributed by atoms with E-state index in [0.717, 1.165) is 0 Å². The van der Waals surface area contributed by atoms with Crippen molar-refractivity contribution in [2.75, 3.05) is 0 Å². The fourth-order valence-electron chi connectivity index (χ4n) is 1.57. The molecule has 2 heterocycles. The lowest BCUT2D eigenvalue weighted by Crippen LogP contribution is -2.40. The van der Waals surface area contributed by atoms with Crippen molar-refractivity contribution in [3.63, 3.8) is 0 Å². The number of rotatable bonds is 0. The Kier molecular flexibility index (Phi) is 2.36. The molecule has 1 fully saturated rings. The summed E-state index contributed by atoms with van der Waals surface area (Å²) in [4.78, 5) is 16.9. The molecule has 0 spiro atoms. The van der Waals surface area contributed by atoms with E-state index in [1.165, 1.54) is 0 Å². The van der Waals surface area contributed by atoms with Crippen LogP contribution in [-0.4, -0.2) is 6.10 Å². The minimum atomic E-state index is -0.180. The van der Waals surface area contributed by atoms with Crippen LogP contribution >= 0.6 is 0 Å². The molecule has 4 nitrogen and oxygen atoms in total. The first-order chi connectivity index (χ1) is 7.08. The molecule has 0 aromatic carbocycles.